The Morgan fingerprint density at radius 3 is 2.67 bits per heavy atom. The molecular formula is C11H14F3N3O. The van der Waals surface area contributed by atoms with Crippen molar-refractivity contribution in [3.63, 3.8) is 0 Å². The van der Waals surface area contributed by atoms with Crippen LogP contribution in [0.4, 0.5) is 13.2 Å². The van der Waals surface area contributed by atoms with Gasteiger partial charge in [-0.1, -0.05) is 5.92 Å². The number of halogens is 3. The first kappa shape index (κ1) is 13.2. The largest absolute Gasteiger partial charge is 0.406 e. The molecule has 0 aromatic carbocycles. The van der Waals surface area contributed by atoms with E-state index in [2.05, 4.69) is 16.7 Å². The highest BCUT2D eigenvalue weighted by Crippen LogP contribution is 2.33. The third-order valence-electron chi connectivity index (χ3n) is 3.09. The summed E-state index contributed by atoms with van der Waals surface area (Å²) in [5, 5.41) is 3.52. The van der Waals surface area contributed by atoms with E-state index < -0.39 is 24.0 Å². The molecule has 2 atom stereocenters. The molecule has 2 fully saturated rings. The lowest BCUT2D eigenvalue weighted by molar-refractivity contribution is -0.189. The van der Waals surface area contributed by atoms with Crippen LogP contribution in [0.25, 0.3) is 0 Å². The molecule has 1 heterocycles. The van der Waals surface area contributed by atoms with E-state index in [0.29, 0.717) is 0 Å². The first-order chi connectivity index (χ1) is 8.43. The van der Waals surface area contributed by atoms with Crippen molar-refractivity contribution in [3.05, 3.63) is 0 Å². The van der Waals surface area contributed by atoms with Crippen LogP contribution in [-0.4, -0.2) is 42.3 Å². The molecule has 2 N–H and O–H groups in total. The predicted octanol–water partition coefficient (Wildman–Crippen LogP) is 0.265. The van der Waals surface area contributed by atoms with E-state index in [1.54, 1.807) is 0 Å². The van der Waals surface area contributed by atoms with Gasteiger partial charge in [0.1, 0.15) is 6.04 Å². The van der Waals surface area contributed by atoms with Crippen molar-refractivity contribution < 1.29 is 18.0 Å². The third-order valence-corrected chi connectivity index (χ3v) is 3.09. The van der Waals surface area contributed by atoms with Crippen LogP contribution in [0.15, 0.2) is 0 Å². The fraction of sp³-hybridized carbons (Fsp3) is 0.727. The summed E-state index contributed by atoms with van der Waals surface area (Å²) in [7, 11) is 0. The second kappa shape index (κ2) is 4.78. The Morgan fingerprint density at radius 1 is 1.50 bits per heavy atom. The summed E-state index contributed by atoms with van der Waals surface area (Å²) in [6.45, 7) is -0.220. The SMILES string of the molecule is C#CCN1NCC(C(=O)NC2CC2)C1C(F)(F)F. The molecule has 4 nitrogen and oxygen atoms in total. The van der Waals surface area contributed by atoms with Gasteiger partial charge in [-0.25, -0.2) is 5.01 Å². The van der Waals surface area contributed by atoms with Crippen LogP contribution in [0, 0.1) is 18.3 Å². The molecule has 7 heteroatoms. The molecule has 18 heavy (non-hydrogen) atoms. The van der Waals surface area contributed by atoms with Crippen molar-refractivity contribution in [2.24, 2.45) is 5.92 Å². The molecule has 0 spiro atoms. The van der Waals surface area contributed by atoms with Crippen molar-refractivity contribution in [1.82, 2.24) is 15.8 Å². The summed E-state index contributed by atoms with van der Waals surface area (Å²) < 4.78 is 38.9. The zero-order chi connectivity index (χ0) is 13.3. The minimum atomic E-state index is -4.48. The van der Waals surface area contributed by atoms with Crippen molar-refractivity contribution in [1.29, 1.82) is 0 Å². The molecule has 2 aliphatic rings. The number of rotatable bonds is 3. The van der Waals surface area contributed by atoms with Gasteiger partial charge in [0.05, 0.1) is 12.5 Å². The van der Waals surface area contributed by atoms with Gasteiger partial charge in [0, 0.05) is 12.6 Å². The number of carbonyl (C=O) groups is 1. The number of nitrogens with one attached hydrogen (secondary N) is 2. The highest BCUT2D eigenvalue weighted by molar-refractivity contribution is 5.80. The molecule has 1 saturated carbocycles. The summed E-state index contributed by atoms with van der Waals surface area (Å²) in [6, 6.07) is -1.81. The summed E-state index contributed by atoms with van der Waals surface area (Å²) in [4.78, 5) is 11.8. The Kier molecular flexibility index (Phi) is 3.50. The molecular weight excluding hydrogens is 247 g/mol. The molecule has 0 radical (unpaired) electrons. The Labute approximate surface area is 103 Å². The number of amides is 1. The van der Waals surface area contributed by atoms with Crippen molar-refractivity contribution >= 4 is 5.91 Å². The van der Waals surface area contributed by atoms with Crippen molar-refractivity contribution in [3.8, 4) is 12.3 Å². The summed E-state index contributed by atoms with van der Waals surface area (Å²) in [5.41, 5.74) is 2.55. The van der Waals surface area contributed by atoms with Crippen LogP contribution in [0.5, 0.6) is 0 Å². The first-order valence-electron chi connectivity index (χ1n) is 5.74. The quantitative estimate of drug-likeness (QED) is 0.717. The normalized spacial score (nSPS) is 29.0. The number of hydrogen-bond acceptors (Lipinski definition) is 3. The maximum absolute atomic E-state index is 13.0. The third kappa shape index (κ3) is 2.76. The van der Waals surface area contributed by atoms with Gasteiger partial charge in [-0.2, -0.15) is 13.2 Å². The predicted molar refractivity (Wildman–Crippen MR) is 58.0 cm³/mol. The zero-order valence-corrected chi connectivity index (χ0v) is 9.63. The summed E-state index contributed by atoms with van der Waals surface area (Å²) >= 11 is 0. The van der Waals surface area contributed by atoms with Gasteiger partial charge in [0.2, 0.25) is 5.91 Å². The zero-order valence-electron chi connectivity index (χ0n) is 9.63. The molecule has 1 amide bonds. The van der Waals surface area contributed by atoms with Gasteiger partial charge in [-0.05, 0) is 12.8 Å². The summed E-state index contributed by atoms with van der Waals surface area (Å²) in [6.07, 6.45) is 2.23. The lowest BCUT2D eigenvalue weighted by Crippen LogP contribution is -2.50. The number of hydrazine groups is 1. The Balaban J connectivity index is 2.08. The van der Waals surface area contributed by atoms with Crippen LogP contribution < -0.4 is 10.7 Å². The Morgan fingerprint density at radius 2 is 2.17 bits per heavy atom. The maximum atomic E-state index is 13.0. The fourth-order valence-corrected chi connectivity index (χ4v) is 2.07. The number of carbonyl (C=O) groups excluding carboxylic acids is 1. The topological polar surface area (TPSA) is 44.4 Å². The number of hydrogen-bond donors (Lipinski definition) is 2. The molecule has 1 aliphatic carbocycles. The van der Waals surface area contributed by atoms with E-state index >= 15 is 0 Å². The van der Waals surface area contributed by atoms with Crippen LogP contribution in [-0.2, 0) is 4.79 Å². The second-order valence-electron chi connectivity index (χ2n) is 4.57. The monoisotopic (exact) mass is 261 g/mol. The molecule has 2 rings (SSSR count). The maximum Gasteiger partial charge on any atom is 0.406 e. The van der Waals surface area contributed by atoms with Gasteiger partial charge in [-0.3, -0.25) is 10.2 Å². The number of terminal acetylenes is 1. The summed E-state index contributed by atoms with van der Waals surface area (Å²) in [5.74, 6) is 0.467. The Hall–Kier alpha value is -1.26. The minimum absolute atomic E-state index is 0.0373. The lowest BCUT2D eigenvalue weighted by atomic mass is 10.00. The van der Waals surface area contributed by atoms with Gasteiger partial charge in [0.25, 0.3) is 0 Å². The first-order valence-corrected chi connectivity index (χ1v) is 5.74. The molecule has 0 aromatic rings. The van der Waals surface area contributed by atoms with E-state index in [0.717, 1.165) is 17.9 Å². The Bertz CT molecular complexity index is 373. The highest BCUT2D eigenvalue weighted by atomic mass is 19.4. The lowest BCUT2D eigenvalue weighted by Gasteiger charge is -2.27. The average molecular weight is 261 g/mol. The van der Waals surface area contributed by atoms with Gasteiger partial charge >= 0.3 is 6.18 Å². The van der Waals surface area contributed by atoms with Crippen molar-refractivity contribution in [2.45, 2.75) is 31.1 Å². The number of nitrogens with zero attached hydrogens (tertiary/aromatic N) is 1. The molecule has 100 valence electrons. The molecule has 1 aliphatic heterocycles. The van der Waals surface area contributed by atoms with E-state index in [4.69, 9.17) is 6.42 Å². The van der Waals surface area contributed by atoms with Crippen molar-refractivity contribution in [2.75, 3.05) is 13.1 Å². The number of alkyl halides is 3. The van der Waals surface area contributed by atoms with Gasteiger partial charge in [-0.15, -0.1) is 6.42 Å². The van der Waals surface area contributed by atoms with Gasteiger partial charge in [0.15, 0.2) is 0 Å². The minimum Gasteiger partial charge on any atom is -0.353 e. The second-order valence-corrected chi connectivity index (χ2v) is 4.57. The van der Waals surface area contributed by atoms with Crippen LogP contribution in [0.1, 0.15) is 12.8 Å². The van der Waals surface area contributed by atoms with E-state index in [-0.39, 0.29) is 19.1 Å². The van der Waals surface area contributed by atoms with E-state index in [1.165, 1.54) is 0 Å². The average Bonchev–Trinajstić information content (AvgIpc) is 2.94. The standard InChI is InChI=1S/C11H14F3N3O/c1-2-5-17-9(11(12,13)14)8(6-15-17)10(18)16-7-3-4-7/h1,7-9,15H,3-6H2,(H,16,18). The highest BCUT2D eigenvalue weighted by Gasteiger charge is 2.54. The molecule has 2 unspecified atom stereocenters. The van der Waals surface area contributed by atoms with Gasteiger partial charge < -0.3 is 5.32 Å². The van der Waals surface area contributed by atoms with E-state index in [9.17, 15) is 18.0 Å². The molecule has 0 bridgehead atoms. The smallest absolute Gasteiger partial charge is 0.353 e. The van der Waals surface area contributed by atoms with Crippen LogP contribution in [0.3, 0.4) is 0 Å². The fourth-order valence-electron chi connectivity index (χ4n) is 2.07. The molecule has 0 aromatic heterocycles. The van der Waals surface area contributed by atoms with E-state index in [1.807, 2.05) is 0 Å². The van der Waals surface area contributed by atoms with Crippen LogP contribution >= 0.6 is 0 Å². The van der Waals surface area contributed by atoms with Crippen LogP contribution in [0.2, 0.25) is 0 Å². The molecule has 1 saturated heterocycles.